The molecule has 196 valence electrons. The van der Waals surface area contributed by atoms with Crippen molar-refractivity contribution in [2.75, 3.05) is 0 Å². The normalized spacial score (nSPS) is 27.4. The van der Waals surface area contributed by atoms with Gasteiger partial charge in [0.05, 0.1) is 22.8 Å². The maximum Gasteiger partial charge on any atom is 0.309 e. The first-order valence-electron chi connectivity index (χ1n) is 12.9. The first kappa shape index (κ1) is 24.8. The summed E-state index contributed by atoms with van der Waals surface area (Å²) in [5, 5.41) is 9.40. The Morgan fingerprint density at radius 3 is 1.87 bits per heavy atom. The van der Waals surface area contributed by atoms with Crippen LogP contribution in [0.5, 0.6) is 0 Å². The Hall–Kier alpha value is -3.49. The Morgan fingerprint density at radius 1 is 0.816 bits per heavy atom. The van der Waals surface area contributed by atoms with E-state index in [1.807, 2.05) is 55.5 Å². The minimum absolute atomic E-state index is 0.149. The molecule has 2 bridgehead atoms. The molecule has 4 aliphatic carbocycles. The van der Waals surface area contributed by atoms with Crippen LogP contribution in [0.4, 0.5) is 0 Å². The number of carbonyl (C=O) groups excluding carboxylic acids is 1. The van der Waals surface area contributed by atoms with Crippen LogP contribution in [0.3, 0.4) is 0 Å². The molecule has 0 unspecified atom stereocenters. The predicted molar refractivity (Wildman–Crippen MR) is 140 cm³/mol. The number of hydrogen-bond donors (Lipinski definition) is 2. The number of aliphatic carboxylic acids is 1. The van der Waals surface area contributed by atoms with E-state index in [-0.39, 0.29) is 23.2 Å². The lowest BCUT2D eigenvalue weighted by Gasteiger charge is -2.50. The SMILES string of the molecule is Cc1ccc(S(=O)(=O)N[C@@H]2C3c4ccccc4C(c4ccccc43)[C@@H]2OC(=O)[C@@H]2CC[C@H](C(=O)O)C2)cc1. The number of carboxylic acid groups (broad SMARTS) is 1. The highest BCUT2D eigenvalue weighted by Crippen LogP contribution is 2.54. The van der Waals surface area contributed by atoms with E-state index in [0.717, 1.165) is 27.8 Å². The number of benzene rings is 3. The summed E-state index contributed by atoms with van der Waals surface area (Å²) in [6.07, 6.45) is 0.341. The van der Waals surface area contributed by atoms with Crippen molar-refractivity contribution in [2.45, 2.75) is 55.1 Å². The molecule has 38 heavy (non-hydrogen) atoms. The minimum Gasteiger partial charge on any atom is -0.481 e. The molecule has 1 fully saturated rings. The first-order chi connectivity index (χ1) is 18.2. The minimum atomic E-state index is -3.93. The number of fused-ring (bicyclic) bond motifs is 1. The van der Waals surface area contributed by atoms with Crippen LogP contribution in [-0.4, -0.2) is 37.6 Å². The summed E-state index contributed by atoms with van der Waals surface area (Å²) in [5.74, 6) is -3.13. The van der Waals surface area contributed by atoms with Crippen molar-refractivity contribution in [2.24, 2.45) is 11.8 Å². The van der Waals surface area contributed by atoms with Gasteiger partial charge in [0, 0.05) is 11.8 Å². The number of aryl methyl sites for hydroxylation is 1. The van der Waals surface area contributed by atoms with E-state index in [1.165, 1.54) is 0 Å². The van der Waals surface area contributed by atoms with Crippen LogP contribution in [0.1, 0.15) is 58.9 Å². The zero-order valence-corrected chi connectivity index (χ0v) is 21.7. The highest BCUT2D eigenvalue weighted by Gasteiger charge is 2.53. The summed E-state index contributed by atoms with van der Waals surface area (Å²) in [6.45, 7) is 1.89. The van der Waals surface area contributed by atoms with E-state index in [9.17, 15) is 23.1 Å². The zero-order valence-electron chi connectivity index (χ0n) is 20.9. The molecule has 0 amide bonds. The smallest absolute Gasteiger partial charge is 0.309 e. The van der Waals surface area contributed by atoms with Gasteiger partial charge in [-0.25, -0.2) is 13.1 Å². The van der Waals surface area contributed by atoms with Gasteiger partial charge in [-0.15, -0.1) is 0 Å². The lowest BCUT2D eigenvalue weighted by molar-refractivity contribution is -0.157. The third-order valence-corrected chi connectivity index (χ3v) is 9.84. The third-order valence-electron chi connectivity index (χ3n) is 8.36. The van der Waals surface area contributed by atoms with E-state index < -0.39 is 45.9 Å². The molecule has 3 aromatic carbocycles. The summed E-state index contributed by atoms with van der Waals surface area (Å²) in [7, 11) is -3.93. The van der Waals surface area contributed by atoms with Crippen LogP contribution in [-0.2, 0) is 24.3 Å². The summed E-state index contributed by atoms with van der Waals surface area (Å²) in [5.41, 5.74) is 5.04. The van der Waals surface area contributed by atoms with Crippen LogP contribution in [0.2, 0.25) is 0 Å². The number of sulfonamides is 1. The molecule has 3 aromatic rings. The fourth-order valence-electron chi connectivity index (χ4n) is 6.52. The van der Waals surface area contributed by atoms with Crippen molar-refractivity contribution >= 4 is 22.0 Å². The molecule has 0 aliphatic heterocycles. The molecule has 2 N–H and O–H groups in total. The van der Waals surface area contributed by atoms with Gasteiger partial charge in [0.1, 0.15) is 6.10 Å². The maximum atomic E-state index is 13.6. The van der Waals surface area contributed by atoms with E-state index in [0.29, 0.717) is 12.8 Å². The monoisotopic (exact) mass is 531 g/mol. The first-order valence-corrected chi connectivity index (χ1v) is 14.4. The molecule has 7 nitrogen and oxygen atoms in total. The van der Waals surface area contributed by atoms with Crippen molar-refractivity contribution < 1.29 is 27.9 Å². The van der Waals surface area contributed by atoms with Gasteiger partial charge in [-0.1, -0.05) is 66.2 Å². The highest BCUT2D eigenvalue weighted by molar-refractivity contribution is 7.89. The summed E-state index contributed by atoms with van der Waals surface area (Å²) in [6, 6.07) is 21.8. The maximum absolute atomic E-state index is 13.6. The van der Waals surface area contributed by atoms with Crippen LogP contribution >= 0.6 is 0 Å². The van der Waals surface area contributed by atoms with Crippen molar-refractivity contribution in [3.8, 4) is 0 Å². The molecule has 0 saturated heterocycles. The Kier molecular flexibility index (Phi) is 6.12. The van der Waals surface area contributed by atoms with Crippen molar-refractivity contribution in [3.63, 3.8) is 0 Å². The lowest BCUT2D eigenvalue weighted by atomic mass is 9.60. The second kappa shape index (κ2) is 9.36. The number of nitrogens with one attached hydrogen (secondary N) is 1. The molecule has 4 aliphatic rings. The largest absolute Gasteiger partial charge is 0.481 e. The van der Waals surface area contributed by atoms with Gasteiger partial charge in [-0.05, 0) is 60.6 Å². The molecule has 8 heteroatoms. The average molecular weight is 532 g/mol. The van der Waals surface area contributed by atoms with E-state index in [4.69, 9.17) is 4.74 Å². The molecule has 0 heterocycles. The molecular formula is C30H29NO6S. The van der Waals surface area contributed by atoms with Gasteiger partial charge in [0.2, 0.25) is 10.0 Å². The van der Waals surface area contributed by atoms with Gasteiger partial charge in [0.15, 0.2) is 0 Å². The van der Waals surface area contributed by atoms with Crippen LogP contribution in [0.15, 0.2) is 77.7 Å². The van der Waals surface area contributed by atoms with Crippen molar-refractivity contribution in [1.29, 1.82) is 0 Å². The lowest BCUT2D eigenvalue weighted by Crippen LogP contribution is -2.57. The highest BCUT2D eigenvalue weighted by atomic mass is 32.2. The Bertz CT molecular complexity index is 1470. The number of esters is 1. The molecule has 0 aromatic heterocycles. The second-order valence-corrected chi connectivity index (χ2v) is 12.3. The molecule has 0 spiro atoms. The number of carbonyl (C=O) groups is 2. The second-order valence-electron chi connectivity index (χ2n) is 10.6. The van der Waals surface area contributed by atoms with E-state index in [1.54, 1.807) is 24.3 Å². The third kappa shape index (κ3) is 4.12. The molecular weight excluding hydrogens is 502 g/mol. The fourth-order valence-corrected chi connectivity index (χ4v) is 7.78. The number of rotatable bonds is 6. The van der Waals surface area contributed by atoms with Crippen molar-refractivity contribution in [1.82, 2.24) is 4.72 Å². The van der Waals surface area contributed by atoms with Crippen LogP contribution < -0.4 is 4.72 Å². The summed E-state index contributed by atoms with van der Waals surface area (Å²) in [4.78, 5) is 25.0. The standard InChI is InChI=1S/C30H29NO6S/c1-17-10-14-20(15-11-17)38(35,36)31-27-25-21-6-2-4-8-23(21)26(24-9-5-3-7-22(24)25)28(27)37-30(34)19-13-12-18(16-19)29(32)33/h2-11,14-15,18-19,25-28,31H,12-13,16H2,1H3,(H,32,33)/t18-,19+,25?,26?,27+,28-/m0/s1. The molecule has 0 radical (unpaired) electrons. The number of hydrogen-bond acceptors (Lipinski definition) is 5. The van der Waals surface area contributed by atoms with Crippen LogP contribution in [0, 0.1) is 18.8 Å². The van der Waals surface area contributed by atoms with E-state index >= 15 is 0 Å². The van der Waals surface area contributed by atoms with Crippen LogP contribution in [0.25, 0.3) is 0 Å². The molecule has 7 rings (SSSR count). The number of carboxylic acids is 1. The topological polar surface area (TPSA) is 110 Å². The Morgan fingerprint density at radius 2 is 1.34 bits per heavy atom. The quantitative estimate of drug-likeness (QED) is 0.458. The van der Waals surface area contributed by atoms with Gasteiger partial charge in [-0.3, -0.25) is 9.59 Å². The molecule has 1 saturated carbocycles. The van der Waals surface area contributed by atoms with Gasteiger partial charge < -0.3 is 9.84 Å². The number of ether oxygens (including phenoxy) is 1. The Balaban J connectivity index is 1.41. The summed E-state index contributed by atoms with van der Waals surface area (Å²) >= 11 is 0. The summed E-state index contributed by atoms with van der Waals surface area (Å²) < 4.78 is 36.3. The predicted octanol–water partition coefficient (Wildman–Crippen LogP) is 4.35. The van der Waals surface area contributed by atoms with Gasteiger partial charge >= 0.3 is 11.9 Å². The van der Waals surface area contributed by atoms with Gasteiger partial charge in [0.25, 0.3) is 0 Å². The van der Waals surface area contributed by atoms with Gasteiger partial charge in [-0.2, -0.15) is 0 Å². The molecule has 4 atom stereocenters. The fraction of sp³-hybridized carbons (Fsp3) is 0.333. The zero-order chi connectivity index (χ0) is 26.6. The average Bonchev–Trinajstić information content (AvgIpc) is 3.41. The van der Waals surface area contributed by atoms with E-state index in [2.05, 4.69) is 4.72 Å². The Labute approximate surface area is 221 Å². The van der Waals surface area contributed by atoms with Crippen molar-refractivity contribution in [3.05, 3.63) is 101 Å².